The van der Waals surface area contributed by atoms with Gasteiger partial charge in [-0.05, 0) is 36.2 Å². The van der Waals surface area contributed by atoms with Crippen molar-refractivity contribution in [1.82, 2.24) is 10.3 Å². The van der Waals surface area contributed by atoms with Crippen molar-refractivity contribution in [3.8, 4) is 0 Å². The van der Waals surface area contributed by atoms with Crippen LogP contribution in [0.3, 0.4) is 0 Å². The van der Waals surface area contributed by atoms with Crippen LogP contribution < -0.4 is 10.2 Å². The van der Waals surface area contributed by atoms with E-state index in [1.54, 1.807) is 6.07 Å². The fraction of sp³-hybridized carbons (Fsp3) is 0.353. The number of pyridine rings is 1. The molecule has 0 spiro atoms. The number of hydrogen-bond donors (Lipinski definition) is 1. The lowest BCUT2D eigenvalue weighted by Crippen LogP contribution is -2.32. The van der Waals surface area contributed by atoms with Crippen LogP contribution in [0.1, 0.15) is 17.5 Å². The normalized spacial score (nSPS) is 18.2. The summed E-state index contributed by atoms with van der Waals surface area (Å²) in [6, 6.07) is 8.44. The van der Waals surface area contributed by atoms with E-state index in [2.05, 4.69) is 15.2 Å². The van der Waals surface area contributed by atoms with Crippen LogP contribution in [-0.4, -0.2) is 24.1 Å². The average Bonchev–Trinajstić information content (AvgIpc) is 3.02. The van der Waals surface area contributed by atoms with Gasteiger partial charge in [-0.3, -0.25) is 0 Å². The number of alkyl halides is 3. The Hall–Kier alpha value is -2.15. The fourth-order valence-corrected chi connectivity index (χ4v) is 2.79. The van der Waals surface area contributed by atoms with E-state index >= 15 is 0 Å². The molecule has 3 rings (SSSR count). The lowest BCUT2D eigenvalue weighted by molar-refractivity contribution is -0.137. The van der Waals surface area contributed by atoms with Crippen LogP contribution in [0.5, 0.6) is 0 Å². The van der Waals surface area contributed by atoms with Crippen LogP contribution in [-0.2, 0) is 12.7 Å². The molecule has 0 radical (unpaired) electrons. The van der Waals surface area contributed by atoms with Crippen LogP contribution in [0, 0.1) is 5.95 Å². The van der Waals surface area contributed by atoms with Gasteiger partial charge in [0, 0.05) is 25.7 Å². The summed E-state index contributed by atoms with van der Waals surface area (Å²) in [7, 11) is 0. The number of nitrogens with one attached hydrogen (secondary N) is 1. The number of benzene rings is 1. The molecule has 0 aliphatic carbocycles. The highest BCUT2D eigenvalue weighted by molar-refractivity contribution is 5.45. The van der Waals surface area contributed by atoms with Crippen molar-refractivity contribution < 1.29 is 17.6 Å². The zero-order valence-corrected chi connectivity index (χ0v) is 12.9. The molecule has 7 heteroatoms. The average molecular weight is 339 g/mol. The lowest BCUT2D eigenvalue weighted by Gasteiger charge is -2.18. The van der Waals surface area contributed by atoms with Gasteiger partial charge < -0.3 is 10.2 Å². The summed E-state index contributed by atoms with van der Waals surface area (Å²) in [5.74, 6) is -0.505. The molecule has 2 aromatic rings. The molecule has 1 aromatic heterocycles. The highest BCUT2D eigenvalue weighted by Crippen LogP contribution is 2.29. The lowest BCUT2D eigenvalue weighted by atomic mass is 10.1. The zero-order valence-electron chi connectivity index (χ0n) is 12.9. The molecule has 0 bridgehead atoms. The Kier molecular flexibility index (Phi) is 4.71. The smallest absolute Gasteiger partial charge is 0.369 e. The topological polar surface area (TPSA) is 28.2 Å². The van der Waals surface area contributed by atoms with Gasteiger partial charge in [-0.2, -0.15) is 17.6 Å². The number of nitrogens with zero attached hydrogens (tertiary/aromatic N) is 2. The first kappa shape index (κ1) is 16.7. The van der Waals surface area contributed by atoms with Gasteiger partial charge in [-0.1, -0.05) is 12.1 Å². The van der Waals surface area contributed by atoms with E-state index < -0.39 is 17.7 Å². The van der Waals surface area contributed by atoms with Gasteiger partial charge in [0.2, 0.25) is 5.95 Å². The van der Waals surface area contributed by atoms with Crippen LogP contribution in [0.4, 0.5) is 23.2 Å². The molecule has 1 unspecified atom stereocenters. The van der Waals surface area contributed by atoms with Gasteiger partial charge >= 0.3 is 6.18 Å². The van der Waals surface area contributed by atoms with Crippen molar-refractivity contribution >= 4 is 5.69 Å². The second-order valence-corrected chi connectivity index (χ2v) is 5.85. The molecule has 3 nitrogen and oxygen atoms in total. The first-order chi connectivity index (χ1) is 11.4. The standard InChI is InChI=1S/C17H17F4N3/c18-16-6-5-15(10-23-16)24-8-7-14(11-24)22-9-12-1-3-13(4-2-12)17(19,20)21/h1-6,10,14,22H,7-9,11H2. The maximum absolute atomic E-state index is 12.8. The SMILES string of the molecule is Fc1ccc(N2CCC(NCc3ccc(C(F)(F)F)cc3)C2)cn1. The Morgan fingerprint density at radius 3 is 2.50 bits per heavy atom. The summed E-state index contributed by atoms with van der Waals surface area (Å²) >= 11 is 0. The van der Waals surface area contributed by atoms with Gasteiger partial charge in [-0.25, -0.2) is 4.98 Å². The van der Waals surface area contributed by atoms with E-state index in [1.807, 2.05) is 0 Å². The minimum absolute atomic E-state index is 0.234. The van der Waals surface area contributed by atoms with Gasteiger partial charge in [0.1, 0.15) is 0 Å². The third-order valence-electron chi connectivity index (χ3n) is 4.14. The van der Waals surface area contributed by atoms with Crippen molar-refractivity contribution in [3.63, 3.8) is 0 Å². The van der Waals surface area contributed by atoms with E-state index in [9.17, 15) is 17.6 Å². The number of aromatic nitrogens is 1. The maximum atomic E-state index is 12.8. The third kappa shape index (κ3) is 4.03. The van der Waals surface area contributed by atoms with E-state index in [0.29, 0.717) is 6.54 Å². The predicted octanol–water partition coefficient (Wildman–Crippen LogP) is 3.61. The molecule has 1 fully saturated rings. The minimum Gasteiger partial charge on any atom is -0.369 e. The van der Waals surface area contributed by atoms with Crippen molar-refractivity contribution in [1.29, 1.82) is 0 Å². The zero-order chi connectivity index (χ0) is 17.2. The van der Waals surface area contributed by atoms with Gasteiger partial charge in [0.25, 0.3) is 0 Å². The highest BCUT2D eigenvalue weighted by Gasteiger charge is 2.30. The van der Waals surface area contributed by atoms with Crippen molar-refractivity contribution in [2.45, 2.75) is 25.2 Å². The van der Waals surface area contributed by atoms with Crippen LogP contribution in [0.2, 0.25) is 0 Å². The molecular weight excluding hydrogens is 322 g/mol. The number of rotatable bonds is 4. The second-order valence-electron chi connectivity index (χ2n) is 5.85. The molecule has 24 heavy (non-hydrogen) atoms. The van der Waals surface area contributed by atoms with Gasteiger partial charge in [0.15, 0.2) is 0 Å². The van der Waals surface area contributed by atoms with Crippen LogP contribution >= 0.6 is 0 Å². The molecule has 1 N–H and O–H groups in total. The summed E-state index contributed by atoms with van der Waals surface area (Å²) in [5.41, 5.74) is 1.04. The Bertz CT molecular complexity index is 668. The summed E-state index contributed by atoms with van der Waals surface area (Å²) in [6.07, 6.45) is -1.88. The molecule has 1 aliphatic heterocycles. The second kappa shape index (κ2) is 6.76. The monoisotopic (exact) mass is 339 g/mol. The van der Waals surface area contributed by atoms with Gasteiger partial charge in [0.05, 0.1) is 17.4 Å². The highest BCUT2D eigenvalue weighted by atomic mass is 19.4. The van der Waals surface area contributed by atoms with E-state index in [1.165, 1.54) is 24.4 Å². The molecule has 1 saturated heterocycles. The van der Waals surface area contributed by atoms with Crippen LogP contribution in [0.25, 0.3) is 0 Å². The molecule has 2 heterocycles. The first-order valence-corrected chi connectivity index (χ1v) is 7.68. The minimum atomic E-state index is -4.30. The van der Waals surface area contributed by atoms with E-state index in [4.69, 9.17) is 0 Å². The van der Waals surface area contributed by atoms with E-state index in [-0.39, 0.29) is 6.04 Å². The molecule has 128 valence electrons. The predicted molar refractivity (Wildman–Crippen MR) is 83.1 cm³/mol. The third-order valence-corrected chi connectivity index (χ3v) is 4.14. The number of anilines is 1. The number of hydrogen-bond acceptors (Lipinski definition) is 3. The Balaban J connectivity index is 1.52. The summed E-state index contributed by atoms with van der Waals surface area (Å²) < 4.78 is 50.4. The van der Waals surface area contributed by atoms with Crippen molar-refractivity contribution in [2.24, 2.45) is 0 Å². The maximum Gasteiger partial charge on any atom is 0.416 e. The number of halogens is 4. The Labute approximate surface area is 137 Å². The molecule has 1 atom stereocenters. The molecule has 1 aromatic carbocycles. The molecule has 0 amide bonds. The van der Waals surface area contributed by atoms with Crippen molar-refractivity contribution in [2.75, 3.05) is 18.0 Å². The Morgan fingerprint density at radius 2 is 1.88 bits per heavy atom. The molecule has 1 aliphatic rings. The molecule has 0 saturated carbocycles. The summed E-state index contributed by atoms with van der Waals surface area (Å²) in [6.45, 7) is 2.10. The summed E-state index contributed by atoms with van der Waals surface area (Å²) in [4.78, 5) is 5.76. The Morgan fingerprint density at radius 1 is 1.12 bits per heavy atom. The van der Waals surface area contributed by atoms with Gasteiger partial charge in [-0.15, -0.1) is 0 Å². The fourth-order valence-electron chi connectivity index (χ4n) is 2.79. The first-order valence-electron chi connectivity index (χ1n) is 7.68. The largest absolute Gasteiger partial charge is 0.416 e. The molecular formula is C17H17F4N3. The summed E-state index contributed by atoms with van der Waals surface area (Å²) in [5, 5.41) is 3.35. The van der Waals surface area contributed by atoms with Crippen LogP contribution in [0.15, 0.2) is 42.6 Å². The van der Waals surface area contributed by atoms with Crippen molar-refractivity contribution in [3.05, 3.63) is 59.7 Å². The van der Waals surface area contributed by atoms with E-state index in [0.717, 1.165) is 42.9 Å². The quantitative estimate of drug-likeness (QED) is 0.681.